The Bertz CT molecular complexity index is 1340. The fourth-order valence-electron chi connectivity index (χ4n) is 3.80. The van der Waals surface area contributed by atoms with Crippen molar-refractivity contribution in [3.63, 3.8) is 0 Å². The van der Waals surface area contributed by atoms with Crippen LogP contribution in [0.3, 0.4) is 0 Å². The van der Waals surface area contributed by atoms with Crippen LogP contribution in [-0.4, -0.2) is 30.2 Å². The molecule has 0 aliphatic heterocycles. The molecular weight excluding hydrogens is 364 g/mol. The van der Waals surface area contributed by atoms with Crippen LogP contribution in [0.1, 0.15) is 24.2 Å². The van der Waals surface area contributed by atoms with Crippen molar-refractivity contribution in [2.24, 2.45) is 7.05 Å². The van der Waals surface area contributed by atoms with Gasteiger partial charge in [0.15, 0.2) is 0 Å². The summed E-state index contributed by atoms with van der Waals surface area (Å²) in [7, 11) is 1.84. The number of H-pyrrole nitrogens is 1. The number of aryl methyl sites for hydroxylation is 2. The van der Waals surface area contributed by atoms with Crippen molar-refractivity contribution < 1.29 is 4.74 Å². The molecule has 7 heteroatoms. The molecule has 0 bridgehead atoms. The first-order chi connectivity index (χ1) is 14.1. The average Bonchev–Trinajstić information content (AvgIpc) is 3.33. The molecule has 1 N–H and O–H groups in total. The van der Waals surface area contributed by atoms with Crippen molar-refractivity contribution >= 4 is 21.8 Å². The summed E-state index contributed by atoms with van der Waals surface area (Å²) in [5.74, 6) is 0.775. The minimum absolute atomic E-state index is 0.132. The largest absolute Gasteiger partial charge is 0.486 e. The molecule has 144 valence electrons. The molecule has 0 radical (unpaired) electrons. The molecule has 7 nitrogen and oxygen atoms in total. The summed E-state index contributed by atoms with van der Waals surface area (Å²) in [5, 5.41) is 17.7. The van der Waals surface area contributed by atoms with Crippen LogP contribution in [0.15, 0.2) is 54.9 Å². The van der Waals surface area contributed by atoms with Crippen molar-refractivity contribution in [3.05, 3.63) is 66.0 Å². The summed E-state index contributed by atoms with van der Waals surface area (Å²) in [5.41, 5.74) is 5.71. The second kappa shape index (κ2) is 6.70. The molecule has 5 aromatic rings. The van der Waals surface area contributed by atoms with E-state index < -0.39 is 0 Å². The maximum atomic E-state index is 6.35. The minimum Gasteiger partial charge on any atom is -0.486 e. The number of aromatic nitrogens is 6. The Hall–Kier alpha value is -3.74. The van der Waals surface area contributed by atoms with Crippen LogP contribution in [0.25, 0.3) is 33.2 Å². The van der Waals surface area contributed by atoms with Gasteiger partial charge in [0.25, 0.3) is 0 Å². The number of nitrogens with one attached hydrogen (secondary N) is 1. The number of benzene rings is 2. The monoisotopic (exact) mass is 384 g/mol. The predicted molar refractivity (Wildman–Crippen MR) is 112 cm³/mol. The Kier molecular flexibility index (Phi) is 4.01. The van der Waals surface area contributed by atoms with Gasteiger partial charge in [-0.05, 0) is 49.7 Å². The van der Waals surface area contributed by atoms with E-state index in [0.29, 0.717) is 0 Å². The van der Waals surface area contributed by atoms with E-state index in [0.717, 1.165) is 44.5 Å². The number of nitrogens with zero attached hydrogens (tertiary/aromatic N) is 5. The van der Waals surface area contributed by atoms with Crippen LogP contribution >= 0.6 is 0 Å². The van der Waals surface area contributed by atoms with Gasteiger partial charge >= 0.3 is 0 Å². The molecule has 0 aliphatic carbocycles. The summed E-state index contributed by atoms with van der Waals surface area (Å²) in [6.45, 7) is 4.17. The summed E-state index contributed by atoms with van der Waals surface area (Å²) in [4.78, 5) is 4.47. The SMILES string of the molecule is Cc1ccc2ncccc2c1C(C)Oc1ccc2[nH]nc(-c3cn(C)nn3)c2c1. The molecule has 0 spiro atoms. The second-order valence-corrected chi connectivity index (χ2v) is 7.18. The Morgan fingerprint density at radius 1 is 1.10 bits per heavy atom. The molecule has 29 heavy (non-hydrogen) atoms. The Balaban J connectivity index is 1.53. The van der Waals surface area contributed by atoms with E-state index in [2.05, 4.69) is 51.5 Å². The summed E-state index contributed by atoms with van der Waals surface area (Å²) < 4.78 is 8.01. The molecule has 0 saturated carbocycles. The zero-order chi connectivity index (χ0) is 20.0. The van der Waals surface area contributed by atoms with Crippen molar-refractivity contribution in [1.29, 1.82) is 0 Å². The van der Waals surface area contributed by atoms with Crippen molar-refractivity contribution in [1.82, 2.24) is 30.2 Å². The third kappa shape index (κ3) is 3.00. The predicted octanol–water partition coefficient (Wildman–Crippen LogP) is 4.36. The first kappa shape index (κ1) is 17.4. The number of pyridine rings is 1. The molecule has 0 saturated heterocycles. The third-order valence-electron chi connectivity index (χ3n) is 5.14. The minimum atomic E-state index is -0.132. The molecule has 0 aliphatic rings. The standard InChI is InChI=1S/C22H20N6O/c1-13-6-8-18-16(5-4-10-23-18)21(13)14(2)29-15-7-9-19-17(11-15)22(26-24-19)20-12-28(3)27-25-20/h4-12,14H,1-3H3,(H,24,26). The first-order valence-electron chi connectivity index (χ1n) is 9.46. The van der Waals surface area contributed by atoms with Gasteiger partial charge in [0.1, 0.15) is 23.2 Å². The number of hydrogen-bond acceptors (Lipinski definition) is 5. The quantitative estimate of drug-likeness (QED) is 0.498. The molecule has 1 atom stereocenters. The van der Waals surface area contributed by atoms with Crippen LogP contribution in [0.5, 0.6) is 5.75 Å². The van der Waals surface area contributed by atoms with Crippen LogP contribution < -0.4 is 4.74 Å². The lowest BCUT2D eigenvalue weighted by Crippen LogP contribution is -2.06. The van der Waals surface area contributed by atoms with Gasteiger partial charge in [-0.3, -0.25) is 14.8 Å². The van der Waals surface area contributed by atoms with Gasteiger partial charge < -0.3 is 4.74 Å². The first-order valence-corrected chi connectivity index (χ1v) is 9.46. The molecule has 5 rings (SSSR count). The summed E-state index contributed by atoms with van der Waals surface area (Å²) in [6, 6.07) is 14.1. The molecule has 3 heterocycles. The maximum Gasteiger partial charge on any atom is 0.133 e. The van der Waals surface area contributed by atoms with Gasteiger partial charge in [-0.2, -0.15) is 5.10 Å². The number of hydrogen-bond donors (Lipinski definition) is 1. The zero-order valence-electron chi connectivity index (χ0n) is 16.4. The highest BCUT2D eigenvalue weighted by Gasteiger charge is 2.17. The van der Waals surface area contributed by atoms with E-state index >= 15 is 0 Å². The summed E-state index contributed by atoms with van der Waals surface area (Å²) >= 11 is 0. The van der Waals surface area contributed by atoms with E-state index in [1.54, 1.807) is 4.68 Å². The van der Waals surface area contributed by atoms with E-state index in [1.165, 1.54) is 5.56 Å². The average molecular weight is 384 g/mol. The maximum absolute atomic E-state index is 6.35. The topological polar surface area (TPSA) is 81.5 Å². The molecular formula is C22H20N6O. The Labute approximate surface area is 167 Å². The van der Waals surface area contributed by atoms with E-state index in [1.807, 2.05) is 49.8 Å². The van der Waals surface area contributed by atoms with Gasteiger partial charge in [-0.1, -0.05) is 17.3 Å². The lowest BCUT2D eigenvalue weighted by atomic mass is 9.98. The van der Waals surface area contributed by atoms with Crippen LogP contribution in [-0.2, 0) is 7.05 Å². The highest BCUT2D eigenvalue weighted by Crippen LogP contribution is 2.33. The number of rotatable bonds is 4. The van der Waals surface area contributed by atoms with Crippen molar-refractivity contribution in [2.45, 2.75) is 20.0 Å². The normalized spacial score (nSPS) is 12.5. The van der Waals surface area contributed by atoms with Crippen molar-refractivity contribution in [2.75, 3.05) is 0 Å². The van der Waals surface area contributed by atoms with E-state index in [-0.39, 0.29) is 6.10 Å². The van der Waals surface area contributed by atoms with E-state index in [9.17, 15) is 0 Å². The van der Waals surface area contributed by atoms with Crippen LogP contribution in [0.4, 0.5) is 0 Å². The molecule has 1 unspecified atom stereocenters. The van der Waals surface area contributed by atoms with Gasteiger partial charge in [0.2, 0.25) is 0 Å². The molecule has 0 amide bonds. The van der Waals surface area contributed by atoms with Crippen LogP contribution in [0, 0.1) is 6.92 Å². The van der Waals surface area contributed by atoms with E-state index in [4.69, 9.17) is 4.74 Å². The molecule has 2 aromatic carbocycles. The third-order valence-corrected chi connectivity index (χ3v) is 5.14. The lowest BCUT2D eigenvalue weighted by molar-refractivity contribution is 0.228. The van der Waals surface area contributed by atoms with Gasteiger partial charge in [-0.15, -0.1) is 5.10 Å². The Morgan fingerprint density at radius 2 is 2.00 bits per heavy atom. The number of aromatic amines is 1. The smallest absolute Gasteiger partial charge is 0.133 e. The fraction of sp³-hybridized carbons (Fsp3) is 0.182. The molecule has 3 aromatic heterocycles. The highest BCUT2D eigenvalue weighted by molar-refractivity contribution is 5.92. The van der Waals surface area contributed by atoms with Crippen LogP contribution in [0.2, 0.25) is 0 Å². The fourth-order valence-corrected chi connectivity index (χ4v) is 3.80. The second-order valence-electron chi connectivity index (χ2n) is 7.18. The van der Waals surface area contributed by atoms with Gasteiger partial charge in [0, 0.05) is 29.6 Å². The zero-order valence-corrected chi connectivity index (χ0v) is 16.4. The summed E-state index contributed by atoms with van der Waals surface area (Å²) in [6.07, 6.45) is 3.53. The van der Waals surface area contributed by atoms with Gasteiger partial charge in [0.05, 0.1) is 17.2 Å². The highest BCUT2D eigenvalue weighted by atomic mass is 16.5. The molecule has 0 fully saturated rings. The number of ether oxygens (including phenoxy) is 1. The number of fused-ring (bicyclic) bond motifs is 2. The van der Waals surface area contributed by atoms with Gasteiger partial charge in [-0.25, -0.2) is 0 Å². The van der Waals surface area contributed by atoms with Crippen molar-refractivity contribution in [3.8, 4) is 17.1 Å². The Morgan fingerprint density at radius 3 is 2.83 bits per heavy atom. The lowest BCUT2D eigenvalue weighted by Gasteiger charge is -2.19.